The van der Waals surface area contributed by atoms with Gasteiger partial charge >= 0.3 is 0 Å². The zero-order valence-corrected chi connectivity index (χ0v) is 34.7. The lowest BCUT2D eigenvalue weighted by Gasteiger charge is -2.39. The Hall–Kier alpha value is -7.99. The van der Waals surface area contributed by atoms with E-state index in [0.717, 1.165) is 77.4 Å². The van der Waals surface area contributed by atoms with E-state index in [1.54, 1.807) is 11.3 Å². The Morgan fingerprint density at radius 2 is 0.889 bits per heavy atom. The molecule has 9 aromatic carbocycles. The second-order valence-corrected chi connectivity index (χ2v) is 17.2. The summed E-state index contributed by atoms with van der Waals surface area (Å²) >= 11 is 1.79. The molecular formula is C58H35N3OS. The van der Waals surface area contributed by atoms with E-state index in [1.165, 1.54) is 26.6 Å². The van der Waals surface area contributed by atoms with Crippen LogP contribution in [0.4, 0.5) is 0 Å². The second kappa shape index (κ2) is 14.0. The first-order valence-corrected chi connectivity index (χ1v) is 22.1. The predicted molar refractivity (Wildman–Crippen MR) is 257 cm³/mol. The van der Waals surface area contributed by atoms with E-state index >= 15 is 0 Å². The number of hydrogen-bond acceptors (Lipinski definition) is 5. The van der Waals surface area contributed by atoms with Crippen molar-refractivity contribution in [3.05, 3.63) is 235 Å². The molecule has 5 heteroatoms. The lowest BCUT2D eigenvalue weighted by Crippen LogP contribution is -2.32. The smallest absolute Gasteiger partial charge is 0.165 e. The summed E-state index contributed by atoms with van der Waals surface area (Å²) in [6.45, 7) is 0. The largest absolute Gasteiger partial charge is 0.457 e. The first-order chi connectivity index (χ1) is 31.2. The lowest BCUT2D eigenvalue weighted by molar-refractivity contribution is 0.436. The molecule has 1 aliphatic carbocycles. The summed E-state index contributed by atoms with van der Waals surface area (Å²) in [7, 11) is 0. The molecule has 1 spiro atoms. The Kier molecular flexibility index (Phi) is 7.96. The highest BCUT2D eigenvalue weighted by molar-refractivity contribution is 7.26. The average Bonchev–Trinajstić information content (AvgIpc) is 3.89. The van der Waals surface area contributed by atoms with E-state index in [-0.39, 0.29) is 0 Å². The zero-order valence-electron chi connectivity index (χ0n) is 33.9. The highest BCUT2D eigenvalue weighted by atomic mass is 32.1. The molecule has 11 aromatic rings. The van der Waals surface area contributed by atoms with E-state index in [1.807, 2.05) is 0 Å². The summed E-state index contributed by atoms with van der Waals surface area (Å²) in [5.74, 6) is 3.60. The zero-order chi connectivity index (χ0) is 41.5. The maximum Gasteiger partial charge on any atom is 0.165 e. The van der Waals surface area contributed by atoms with Crippen LogP contribution in [-0.2, 0) is 5.41 Å². The van der Waals surface area contributed by atoms with Gasteiger partial charge in [-0.2, -0.15) is 0 Å². The van der Waals surface area contributed by atoms with Gasteiger partial charge in [0.05, 0.1) is 5.41 Å². The summed E-state index contributed by atoms with van der Waals surface area (Å²) in [6.07, 6.45) is 0. The molecule has 0 N–H and O–H groups in total. The number of hydrogen-bond donors (Lipinski definition) is 0. The third-order valence-electron chi connectivity index (χ3n) is 12.8. The van der Waals surface area contributed by atoms with Gasteiger partial charge in [0.2, 0.25) is 0 Å². The van der Waals surface area contributed by atoms with Crippen LogP contribution in [-0.4, -0.2) is 15.0 Å². The number of fused-ring (bicyclic) bond motifs is 12. The number of nitrogens with zero attached hydrogens (tertiary/aromatic N) is 3. The van der Waals surface area contributed by atoms with Crippen LogP contribution in [0.25, 0.3) is 87.7 Å². The van der Waals surface area contributed by atoms with Gasteiger partial charge in [0.25, 0.3) is 0 Å². The molecule has 63 heavy (non-hydrogen) atoms. The average molecular weight is 822 g/mol. The summed E-state index contributed by atoms with van der Waals surface area (Å²) in [5, 5.41) is 2.43. The molecule has 0 unspecified atom stereocenters. The van der Waals surface area contributed by atoms with Crippen LogP contribution in [0.3, 0.4) is 0 Å². The normalized spacial score (nSPS) is 13.0. The first-order valence-electron chi connectivity index (χ1n) is 21.3. The molecule has 1 aliphatic heterocycles. The van der Waals surface area contributed by atoms with E-state index in [2.05, 4.69) is 212 Å². The maximum absolute atomic E-state index is 6.65. The first kappa shape index (κ1) is 35.7. The molecule has 0 bridgehead atoms. The Bertz CT molecular complexity index is 3570. The van der Waals surface area contributed by atoms with Gasteiger partial charge in [-0.1, -0.05) is 176 Å². The van der Waals surface area contributed by atoms with Crippen LogP contribution < -0.4 is 4.74 Å². The standard InChI is InChI=1S/C58H35N3OS/c1-3-17-36(18-4-1)38-33-34-41(45(35-38)37-19-5-2-6-20-37)55-59-56(61-57(60-55)44-25-15-23-40-39-21-8-14-32-52(39)63-54(40)44)43-24-16-29-49-53(43)42-22-7-9-26-46(42)58(49)47-27-10-12-30-50(47)62-51-31-13-11-28-48(51)58/h1-35H. The fraction of sp³-hybridized carbons (Fsp3) is 0.0172. The predicted octanol–water partition coefficient (Wildman–Crippen LogP) is 15.0. The van der Waals surface area contributed by atoms with E-state index in [0.29, 0.717) is 17.5 Å². The van der Waals surface area contributed by atoms with Crippen molar-refractivity contribution in [1.29, 1.82) is 0 Å². The minimum Gasteiger partial charge on any atom is -0.457 e. The number of ether oxygens (including phenoxy) is 1. The summed E-state index contributed by atoms with van der Waals surface area (Å²) in [6, 6.07) is 75.3. The lowest BCUT2D eigenvalue weighted by atomic mass is 9.66. The molecule has 2 aliphatic rings. The molecule has 13 rings (SSSR count). The Balaban J connectivity index is 1.11. The van der Waals surface area contributed by atoms with Crippen molar-refractivity contribution in [1.82, 2.24) is 15.0 Å². The molecule has 4 nitrogen and oxygen atoms in total. The van der Waals surface area contributed by atoms with Gasteiger partial charge in [0, 0.05) is 48.0 Å². The minimum absolute atomic E-state index is 0.618. The van der Waals surface area contributed by atoms with Crippen LogP contribution in [0.2, 0.25) is 0 Å². The topological polar surface area (TPSA) is 47.9 Å². The van der Waals surface area contributed by atoms with E-state index in [4.69, 9.17) is 19.7 Å². The molecule has 0 fully saturated rings. The number of rotatable bonds is 5. The third-order valence-corrected chi connectivity index (χ3v) is 14.1. The van der Waals surface area contributed by atoms with Gasteiger partial charge in [0.1, 0.15) is 11.5 Å². The Morgan fingerprint density at radius 1 is 0.349 bits per heavy atom. The highest BCUT2D eigenvalue weighted by Gasteiger charge is 2.51. The monoisotopic (exact) mass is 821 g/mol. The molecule has 0 saturated carbocycles. The number of para-hydroxylation sites is 2. The van der Waals surface area contributed by atoms with Crippen molar-refractivity contribution in [2.24, 2.45) is 0 Å². The quantitative estimate of drug-likeness (QED) is 0.173. The van der Waals surface area contributed by atoms with Crippen molar-refractivity contribution in [3.63, 3.8) is 0 Å². The van der Waals surface area contributed by atoms with Crippen LogP contribution in [0.15, 0.2) is 212 Å². The second-order valence-electron chi connectivity index (χ2n) is 16.2. The van der Waals surface area contributed by atoms with Gasteiger partial charge in [0.15, 0.2) is 17.5 Å². The van der Waals surface area contributed by atoms with E-state index in [9.17, 15) is 0 Å². The van der Waals surface area contributed by atoms with Gasteiger partial charge < -0.3 is 4.74 Å². The van der Waals surface area contributed by atoms with Crippen molar-refractivity contribution in [2.45, 2.75) is 5.41 Å². The molecule has 294 valence electrons. The fourth-order valence-electron chi connectivity index (χ4n) is 10.2. The molecule has 0 saturated heterocycles. The van der Waals surface area contributed by atoms with Crippen molar-refractivity contribution in [2.75, 3.05) is 0 Å². The number of aromatic nitrogens is 3. The minimum atomic E-state index is -0.623. The molecule has 0 radical (unpaired) electrons. The summed E-state index contributed by atoms with van der Waals surface area (Å²) in [4.78, 5) is 16.5. The van der Waals surface area contributed by atoms with Gasteiger partial charge in [-0.05, 0) is 80.9 Å². The molecular weight excluding hydrogens is 787 g/mol. The van der Waals surface area contributed by atoms with Gasteiger partial charge in [-0.15, -0.1) is 11.3 Å². The molecule has 0 amide bonds. The van der Waals surface area contributed by atoms with Crippen LogP contribution >= 0.6 is 11.3 Å². The van der Waals surface area contributed by atoms with Gasteiger partial charge in [-0.3, -0.25) is 0 Å². The van der Waals surface area contributed by atoms with Gasteiger partial charge in [-0.25, -0.2) is 15.0 Å². The SMILES string of the molecule is c1ccc(-c2ccc(-c3nc(-c4cccc5c4-c4ccccc4C54c5ccccc5Oc5ccccc54)nc(-c4cccc5c4sc4ccccc45)n3)c(-c3ccccc3)c2)cc1. The fourth-order valence-corrected chi connectivity index (χ4v) is 11.4. The van der Waals surface area contributed by atoms with Crippen LogP contribution in [0.5, 0.6) is 11.5 Å². The molecule has 0 atom stereocenters. The number of thiophene rings is 1. The maximum atomic E-state index is 6.65. The Morgan fingerprint density at radius 3 is 1.65 bits per heavy atom. The highest BCUT2D eigenvalue weighted by Crippen LogP contribution is 2.63. The summed E-state index contributed by atoms with van der Waals surface area (Å²) < 4.78 is 9.04. The van der Waals surface area contributed by atoms with Crippen molar-refractivity contribution >= 4 is 31.5 Å². The summed E-state index contributed by atoms with van der Waals surface area (Å²) in [5.41, 5.74) is 13.6. The van der Waals surface area contributed by atoms with Crippen LogP contribution in [0.1, 0.15) is 22.3 Å². The number of benzene rings is 9. The van der Waals surface area contributed by atoms with Crippen LogP contribution in [0, 0.1) is 0 Å². The van der Waals surface area contributed by atoms with Crippen molar-refractivity contribution < 1.29 is 4.74 Å². The van der Waals surface area contributed by atoms with E-state index < -0.39 is 5.41 Å². The molecule has 2 aromatic heterocycles. The third kappa shape index (κ3) is 5.37. The van der Waals surface area contributed by atoms with Crippen molar-refractivity contribution in [3.8, 4) is 79.0 Å². The Labute approximate surface area is 368 Å². The molecule has 3 heterocycles.